The SMILES string of the molecule is Brc1cnc2c(c1)CN(c1ccccc1)CCN2.Cc1c(CN(C)C(=O)/C=C/c2cnc3c(c2)CN(c2ccccc2)CCN3)oc2ccccc12.O=C1CN(c2ccccc2)Cc2cc(Br)cnc2N1. The summed E-state index contributed by atoms with van der Waals surface area (Å²) < 4.78 is 7.90. The van der Waals surface area contributed by atoms with Crippen molar-refractivity contribution in [2.45, 2.75) is 33.1 Å². The molecule has 0 spiro atoms. The molecule has 7 heterocycles. The summed E-state index contributed by atoms with van der Waals surface area (Å²) in [6.07, 6.45) is 8.76. The van der Waals surface area contributed by atoms with Crippen molar-refractivity contribution in [1.82, 2.24) is 19.9 Å². The van der Waals surface area contributed by atoms with Crippen molar-refractivity contribution in [2.24, 2.45) is 0 Å². The average Bonchev–Trinajstić information content (AvgIpc) is 3.62. The Morgan fingerprint density at radius 1 is 0.648 bits per heavy atom. The standard InChI is InChI=1S/C28H28N4O2.C14H12BrN3O.C14H14BrN3/c1-20-24-10-6-7-11-25(24)34-26(20)19-31(2)27(33)13-12-21-16-22-18-32(23-8-4-3-5-9-23)15-14-29-28(22)30-17-21;15-11-6-10-8-18(12-4-2-1-3-5-12)9-13(19)17-14(10)16-7-11;15-12-8-11-10-18(13-4-2-1-3-5-13)7-6-16-14(11)17-9-12/h3-13,16-17H,14-15,18-19H2,1-2H3,(H,29,30);1-7H,8-9H2,(H,16,17,19);1-5,8-9H,6-7,10H2,(H,16,17)/b13-12+;;. The van der Waals surface area contributed by atoms with Crippen LogP contribution in [0.2, 0.25) is 0 Å². The third-order valence-corrected chi connectivity index (χ3v) is 13.2. The number of hydrogen-bond acceptors (Lipinski definition) is 11. The second-order valence-electron chi connectivity index (χ2n) is 17.4. The van der Waals surface area contributed by atoms with E-state index in [2.05, 4.69) is 133 Å². The monoisotopic (exact) mass is 1070 g/mol. The number of hydrogen-bond donors (Lipinski definition) is 3. The van der Waals surface area contributed by atoms with Gasteiger partial charge in [0.15, 0.2) is 0 Å². The van der Waals surface area contributed by atoms with Gasteiger partial charge in [0.1, 0.15) is 28.8 Å². The number of pyridine rings is 3. The summed E-state index contributed by atoms with van der Waals surface area (Å²) in [5, 5.41) is 10.7. The van der Waals surface area contributed by atoms with Crippen molar-refractivity contribution >= 4 is 95.2 Å². The fourth-order valence-electron chi connectivity index (χ4n) is 8.67. The van der Waals surface area contributed by atoms with Gasteiger partial charge in [-0.15, -0.1) is 0 Å². The Labute approximate surface area is 430 Å². The molecular weight excluding hydrogens is 1020 g/mol. The molecule has 360 valence electrons. The molecule has 8 aromatic rings. The Balaban J connectivity index is 0.000000143. The number of anilines is 6. The minimum Gasteiger partial charge on any atom is -0.459 e. The lowest BCUT2D eigenvalue weighted by Crippen LogP contribution is -2.29. The minimum atomic E-state index is -0.0844. The molecule has 3 aliphatic rings. The highest BCUT2D eigenvalue weighted by Crippen LogP contribution is 2.29. The van der Waals surface area contributed by atoms with Crippen LogP contribution >= 0.6 is 31.9 Å². The molecule has 0 radical (unpaired) electrons. The minimum absolute atomic E-state index is 0.0441. The summed E-state index contributed by atoms with van der Waals surface area (Å²) in [4.78, 5) is 46.4. The number of nitrogens with one attached hydrogen (secondary N) is 3. The van der Waals surface area contributed by atoms with E-state index in [0.29, 0.717) is 25.5 Å². The van der Waals surface area contributed by atoms with E-state index in [4.69, 9.17) is 4.42 Å². The van der Waals surface area contributed by atoms with Gasteiger partial charge in [0.25, 0.3) is 0 Å². The van der Waals surface area contributed by atoms with E-state index in [1.165, 1.54) is 16.9 Å². The fraction of sp³-hybridized carbons (Fsp3) is 0.196. The Bertz CT molecular complexity index is 3140. The maximum absolute atomic E-state index is 12.8. The van der Waals surface area contributed by atoms with Crippen molar-refractivity contribution in [3.63, 3.8) is 0 Å². The number of halogens is 2. The second kappa shape index (κ2) is 23.0. The molecule has 4 aromatic heterocycles. The summed E-state index contributed by atoms with van der Waals surface area (Å²) in [6, 6.07) is 45.0. The number of rotatable bonds is 7. The van der Waals surface area contributed by atoms with Gasteiger partial charge in [-0.05, 0) is 111 Å². The van der Waals surface area contributed by atoms with Crippen LogP contribution in [0.1, 0.15) is 33.6 Å². The van der Waals surface area contributed by atoms with E-state index in [9.17, 15) is 9.59 Å². The normalized spacial score (nSPS) is 14.1. The van der Waals surface area contributed by atoms with Gasteiger partial charge in [0.05, 0.1) is 13.1 Å². The highest BCUT2D eigenvalue weighted by Gasteiger charge is 2.22. The van der Waals surface area contributed by atoms with Crippen LogP contribution in [0.25, 0.3) is 17.0 Å². The van der Waals surface area contributed by atoms with Gasteiger partial charge in [0.2, 0.25) is 11.8 Å². The molecule has 0 atom stereocenters. The molecular formula is C56H54Br2N10O3. The predicted molar refractivity (Wildman–Crippen MR) is 293 cm³/mol. The number of aryl methyl sites for hydroxylation is 1. The summed E-state index contributed by atoms with van der Waals surface area (Å²) in [5.41, 5.74) is 9.65. The van der Waals surface area contributed by atoms with E-state index in [1.807, 2.05) is 96.9 Å². The number of aromatic nitrogens is 3. The second-order valence-corrected chi connectivity index (χ2v) is 19.2. The van der Waals surface area contributed by atoms with Crippen LogP contribution in [-0.4, -0.2) is 71.4 Å². The molecule has 0 aliphatic carbocycles. The van der Waals surface area contributed by atoms with Crippen LogP contribution in [0.5, 0.6) is 0 Å². The van der Waals surface area contributed by atoms with Gasteiger partial charge < -0.3 is 40.0 Å². The number of likely N-dealkylation sites (N-methyl/N-ethyl adjacent to an activating group) is 1. The lowest BCUT2D eigenvalue weighted by Gasteiger charge is -2.22. The smallest absolute Gasteiger partial charge is 0.246 e. The van der Waals surface area contributed by atoms with Crippen molar-refractivity contribution < 1.29 is 14.0 Å². The molecule has 3 aliphatic heterocycles. The maximum atomic E-state index is 12.8. The number of furan rings is 1. The van der Waals surface area contributed by atoms with Gasteiger partial charge in [-0.25, -0.2) is 15.0 Å². The first-order valence-corrected chi connectivity index (χ1v) is 25.1. The lowest BCUT2D eigenvalue weighted by atomic mass is 10.1. The van der Waals surface area contributed by atoms with Gasteiger partial charge in [-0.3, -0.25) is 9.59 Å². The zero-order chi connectivity index (χ0) is 49.1. The third-order valence-electron chi connectivity index (χ3n) is 12.4. The number of carbonyl (C=O) groups excluding carboxylic acids is 2. The van der Waals surface area contributed by atoms with Crippen molar-refractivity contribution in [3.05, 3.63) is 201 Å². The molecule has 13 nitrogen and oxygen atoms in total. The first-order valence-electron chi connectivity index (χ1n) is 23.5. The Morgan fingerprint density at radius 2 is 1.14 bits per heavy atom. The van der Waals surface area contributed by atoms with Gasteiger partial charge in [-0.1, -0.05) is 72.8 Å². The number of carbonyl (C=O) groups is 2. The maximum Gasteiger partial charge on any atom is 0.246 e. The van der Waals surface area contributed by atoms with Crippen LogP contribution in [0.4, 0.5) is 34.5 Å². The lowest BCUT2D eigenvalue weighted by molar-refractivity contribution is -0.125. The third kappa shape index (κ3) is 12.5. The van der Waals surface area contributed by atoms with E-state index in [1.54, 1.807) is 30.4 Å². The Morgan fingerprint density at radius 3 is 1.73 bits per heavy atom. The number of para-hydroxylation sites is 4. The largest absolute Gasteiger partial charge is 0.459 e. The van der Waals surface area contributed by atoms with Crippen LogP contribution in [0, 0.1) is 6.92 Å². The van der Waals surface area contributed by atoms with Crippen LogP contribution in [-0.2, 0) is 35.8 Å². The molecule has 0 saturated carbocycles. The van der Waals surface area contributed by atoms with Gasteiger partial charge in [0, 0.05) is 131 Å². The number of amides is 2. The molecule has 3 N–H and O–H groups in total. The summed E-state index contributed by atoms with van der Waals surface area (Å²) >= 11 is 6.90. The molecule has 0 saturated heterocycles. The molecule has 2 amide bonds. The molecule has 71 heavy (non-hydrogen) atoms. The van der Waals surface area contributed by atoms with Crippen molar-refractivity contribution in [2.75, 3.05) is 70.4 Å². The molecule has 0 fully saturated rings. The zero-order valence-corrected chi connectivity index (χ0v) is 42.7. The van der Waals surface area contributed by atoms with E-state index >= 15 is 0 Å². The first kappa shape index (κ1) is 48.5. The quantitative estimate of drug-likeness (QED) is 0.132. The molecule has 4 aromatic carbocycles. The van der Waals surface area contributed by atoms with Gasteiger partial charge >= 0.3 is 0 Å². The molecule has 0 unspecified atom stereocenters. The van der Waals surface area contributed by atoms with E-state index < -0.39 is 0 Å². The number of fused-ring (bicyclic) bond motifs is 4. The Hall–Kier alpha value is -7.49. The number of nitrogens with zero attached hydrogens (tertiary/aromatic N) is 7. The summed E-state index contributed by atoms with van der Waals surface area (Å²) in [6.45, 7) is 8.71. The van der Waals surface area contributed by atoms with E-state index in [-0.39, 0.29) is 11.8 Å². The summed E-state index contributed by atoms with van der Waals surface area (Å²) in [7, 11) is 1.79. The predicted octanol–water partition coefficient (Wildman–Crippen LogP) is 11.3. The average molecular weight is 1070 g/mol. The highest BCUT2D eigenvalue weighted by atomic mass is 79.9. The highest BCUT2D eigenvalue weighted by molar-refractivity contribution is 9.10. The van der Waals surface area contributed by atoms with Crippen LogP contribution < -0.4 is 30.7 Å². The van der Waals surface area contributed by atoms with Crippen LogP contribution in [0.3, 0.4) is 0 Å². The fourth-order valence-corrected chi connectivity index (χ4v) is 9.43. The van der Waals surface area contributed by atoms with Crippen molar-refractivity contribution in [1.29, 1.82) is 0 Å². The molecule has 15 heteroatoms. The Kier molecular flexibility index (Phi) is 15.7. The van der Waals surface area contributed by atoms with Crippen molar-refractivity contribution in [3.8, 4) is 0 Å². The molecule has 0 bridgehead atoms. The zero-order valence-electron chi connectivity index (χ0n) is 39.6. The van der Waals surface area contributed by atoms with Gasteiger partial charge in [-0.2, -0.15) is 0 Å². The first-order chi connectivity index (χ1) is 34.6. The topological polar surface area (TPSA) is 135 Å². The number of benzene rings is 4. The summed E-state index contributed by atoms with van der Waals surface area (Å²) in [5.74, 6) is 3.23. The van der Waals surface area contributed by atoms with Crippen LogP contribution in [0.15, 0.2) is 171 Å². The van der Waals surface area contributed by atoms with E-state index in [0.717, 1.165) is 105 Å². The molecule has 11 rings (SSSR count).